The number of phenolic OH excluding ortho intramolecular Hbond substituents is 1. The maximum atomic E-state index is 13.9. The molecule has 5 rings (SSSR count). The summed E-state index contributed by atoms with van der Waals surface area (Å²) >= 11 is 0. The Morgan fingerprint density at radius 1 is 0.860 bits per heavy atom. The molecule has 0 atom stereocenters. The smallest absolute Gasteiger partial charge is 0.416 e. The third-order valence-corrected chi connectivity index (χ3v) is 7.62. The second-order valence-electron chi connectivity index (χ2n) is 10.3. The molecule has 1 aliphatic heterocycles. The van der Waals surface area contributed by atoms with Crippen LogP contribution in [0, 0.1) is 0 Å². The van der Waals surface area contributed by atoms with E-state index in [1.807, 2.05) is 26.0 Å². The van der Waals surface area contributed by atoms with Gasteiger partial charge in [0.05, 0.1) is 17.4 Å². The molecule has 11 heteroatoms. The monoisotopic (exact) mass is 591 g/mol. The lowest BCUT2D eigenvalue weighted by molar-refractivity contribution is -0.137. The number of alkyl halides is 3. The number of carbonyl (C=O) groups excluding carboxylic acids is 2. The first-order valence-corrected chi connectivity index (χ1v) is 14.1. The van der Waals surface area contributed by atoms with Crippen LogP contribution in [-0.4, -0.2) is 75.8 Å². The Morgan fingerprint density at radius 2 is 1.56 bits per heavy atom. The van der Waals surface area contributed by atoms with Crippen LogP contribution in [0.25, 0.3) is 16.8 Å². The maximum absolute atomic E-state index is 13.9. The summed E-state index contributed by atoms with van der Waals surface area (Å²) in [6.07, 6.45) is -1.62. The molecule has 4 aromatic rings. The van der Waals surface area contributed by atoms with Gasteiger partial charge >= 0.3 is 6.18 Å². The van der Waals surface area contributed by atoms with Crippen LogP contribution < -0.4 is 4.90 Å². The second kappa shape index (κ2) is 12.2. The molecule has 2 amide bonds. The van der Waals surface area contributed by atoms with Crippen molar-refractivity contribution in [3.8, 4) is 22.6 Å². The van der Waals surface area contributed by atoms with E-state index in [9.17, 15) is 27.9 Å². The van der Waals surface area contributed by atoms with Crippen molar-refractivity contribution in [2.45, 2.75) is 20.0 Å². The van der Waals surface area contributed by atoms with Crippen molar-refractivity contribution in [2.75, 3.05) is 44.2 Å². The Balaban J connectivity index is 1.32. The Morgan fingerprint density at radius 3 is 2.19 bits per heavy atom. The second-order valence-corrected chi connectivity index (χ2v) is 10.3. The molecule has 1 fully saturated rings. The van der Waals surface area contributed by atoms with Gasteiger partial charge in [0, 0.05) is 67.8 Å². The summed E-state index contributed by atoms with van der Waals surface area (Å²) in [5.41, 5.74) is 1.84. The lowest BCUT2D eigenvalue weighted by Gasteiger charge is -2.36. The van der Waals surface area contributed by atoms with Gasteiger partial charge in [0.25, 0.3) is 11.8 Å². The summed E-state index contributed by atoms with van der Waals surface area (Å²) in [7, 11) is 0. The highest BCUT2D eigenvalue weighted by molar-refractivity contribution is 5.95. The zero-order valence-corrected chi connectivity index (χ0v) is 23.9. The van der Waals surface area contributed by atoms with Crippen LogP contribution in [0.5, 0.6) is 5.75 Å². The quantitative estimate of drug-likeness (QED) is 0.298. The molecule has 0 radical (unpaired) electrons. The number of anilines is 1. The van der Waals surface area contributed by atoms with Crippen molar-refractivity contribution in [1.82, 2.24) is 19.6 Å². The number of carbonyl (C=O) groups is 2. The summed E-state index contributed by atoms with van der Waals surface area (Å²) in [6, 6.07) is 17.0. The van der Waals surface area contributed by atoms with E-state index in [-0.39, 0.29) is 22.9 Å². The first-order valence-electron chi connectivity index (χ1n) is 14.1. The standard InChI is InChI=1S/C32H32F3N5O3/c1-3-37(4-2)30(42)22-8-10-27(11-9-22)38-12-14-39(15-13-38)31(43)24-16-26(32(33,34)35)19-28(17-24)40-21-25(20-36-40)23-6-5-7-29(41)18-23/h5-11,16-21,41H,3-4,12-15H2,1-2H3. The molecule has 1 saturated heterocycles. The zero-order valence-electron chi connectivity index (χ0n) is 23.9. The maximum Gasteiger partial charge on any atom is 0.416 e. The van der Waals surface area contributed by atoms with Gasteiger partial charge in [0.1, 0.15) is 5.75 Å². The third kappa shape index (κ3) is 6.50. The highest BCUT2D eigenvalue weighted by atomic mass is 19.4. The summed E-state index contributed by atoms with van der Waals surface area (Å²) in [4.78, 5) is 31.4. The normalized spacial score (nSPS) is 13.7. The highest BCUT2D eigenvalue weighted by Gasteiger charge is 2.33. The van der Waals surface area contributed by atoms with Gasteiger partial charge in [-0.05, 0) is 74.0 Å². The average molecular weight is 592 g/mol. The molecule has 224 valence electrons. The summed E-state index contributed by atoms with van der Waals surface area (Å²) in [5, 5.41) is 14.0. The van der Waals surface area contributed by atoms with Crippen LogP contribution >= 0.6 is 0 Å². The largest absolute Gasteiger partial charge is 0.508 e. The van der Waals surface area contributed by atoms with Gasteiger partial charge in [-0.3, -0.25) is 9.59 Å². The van der Waals surface area contributed by atoms with Crippen LogP contribution in [0.3, 0.4) is 0 Å². The van der Waals surface area contributed by atoms with Crippen molar-refractivity contribution in [3.63, 3.8) is 0 Å². The number of piperazine rings is 1. The minimum atomic E-state index is -4.66. The van der Waals surface area contributed by atoms with Crippen molar-refractivity contribution >= 4 is 17.5 Å². The number of aromatic nitrogens is 2. The molecule has 0 aliphatic carbocycles. The number of aromatic hydroxyl groups is 1. The number of halogens is 3. The number of hydrogen-bond acceptors (Lipinski definition) is 5. The van der Waals surface area contributed by atoms with Gasteiger partial charge in [0.2, 0.25) is 0 Å². The molecule has 0 bridgehead atoms. The van der Waals surface area contributed by atoms with Crippen LogP contribution in [0.15, 0.2) is 79.1 Å². The molecule has 1 aromatic heterocycles. The average Bonchev–Trinajstić information content (AvgIpc) is 3.52. The number of hydrogen-bond donors (Lipinski definition) is 1. The molecule has 0 spiro atoms. The van der Waals surface area contributed by atoms with E-state index >= 15 is 0 Å². The van der Waals surface area contributed by atoms with Crippen LogP contribution in [0.2, 0.25) is 0 Å². The van der Waals surface area contributed by atoms with Gasteiger partial charge in [-0.2, -0.15) is 18.3 Å². The van der Waals surface area contributed by atoms with E-state index in [1.54, 1.807) is 40.3 Å². The number of phenols is 1. The molecule has 8 nitrogen and oxygen atoms in total. The van der Waals surface area contributed by atoms with E-state index in [0.717, 1.165) is 17.8 Å². The van der Waals surface area contributed by atoms with Crippen molar-refractivity contribution < 1.29 is 27.9 Å². The molecular weight excluding hydrogens is 559 g/mol. The van der Waals surface area contributed by atoms with E-state index in [0.29, 0.717) is 56.0 Å². The molecule has 0 saturated carbocycles. The molecule has 0 unspecified atom stereocenters. The predicted molar refractivity (Wildman–Crippen MR) is 157 cm³/mol. The van der Waals surface area contributed by atoms with Gasteiger partial charge in [-0.1, -0.05) is 12.1 Å². The lowest BCUT2D eigenvalue weighted by atomic mass is 10.1. The Labute approximate surface area is 247 Å². The van der Waals surface area contributed by atoms with E-state index in [2.05, 4.69) is 10.00 Å². The van der Waals surface area contributed by atoms with Crippen molar-refractivity contribution in [2.24, 2.45) is 0 Å². The van der Waals surface area contributed by atoms with Gasteiger partial charge in [0.15, 0.2) is 0 Å². The van der Waals surface area contributed by atoms with E-state index in [1.165, 1.54) is 29.1 Å². The minimum absolute atomic E-state index is 0.0295. The van der Waals surface area contributed by atoms with Gasteiger partial charge in [-0.15, -0.1) is 0 Å². The molecular formula is C32H32F3N5O3. The summed E-state index contributed by atoms with van der Waals surface area (Å²) < 4.78 is 42.9. The van der Waals surface area contributed by atoms with Gasteiger partial charge in [-0.25, -0.2) is 4.68 Å². The van der Waals surface area contributed by atoms with Crippen LogP contribution in [-0.2, 0) is 6.18 Å². The Kier molecular flexibility index (Phi) is 8.43. The molecule has 43 heavy (non-hydrogen) atoms. The fourth-order valence-corrected chi connectivity index (χ4v) is 5.19. The summed E-state index contributed by atoms with van der Waals surface area (Å²) in [6.45, 7) is 6.76. The fraction of sp³-hybridized carbons (Fsp3) is 0.281. The molecule has 3 aromatic carbocycles. The minimum Gasteiger partial charge on any atom is -0.508 e. The lowest BCUT2D eigenvalue weighted by Crippen LogP contribution is -2.48. The summed E-state index contributed by atoms with van der Waals surface area (Å²) in [5.74, 6) is -0.467. The number of rotatable bonds is 7. The van der Waals surface area contributed by atoms with E-state index in [4.69, 9.17) is 0 Å². The highest BCUT2D eigenvalue weighted by Crippen LogP contribution is 2.33. The molecule has 1 aliphatic rings. The molecule has 1 N–H and O–H groups in total. The number of nitrogens with zero attached hydrogens (tertiary/aromatic N) is 5. The third-order valence-electron chi connectivity index (χ3n) is 7.62. The van der Waals surface area contributed by atoms with E-state index < -0.39 is 17.6 Å². The first kappa shape index (κ1) is 29.7. The Bertz CT molecular complexity index is 1610. The topological polar surface area (TPSA) is 81.9 Å². The van der Waals surface area contributed by atoms with Crippen molar-refractivity contribution in [1.29, 1.82) is 0 Å². The number of amides is 2. The predicted octanol–water partition coefficient (Wildman–Crippen LogP) is 5.71. The van der Waals surface area contributed by atoms with Crippen LogP contribution in [0.1, 0.15) is 40.1 Å². The van der Waals surface area contributed by atoms with Crippen LogP contribution in [0.4, 0.5) is 18.9 Å². The SMILES string of the molecule is CCN(CC)C(=O)c1ccc(N2CCN(C(=O)c3cc(-n4cc(-c5cccc(O)c5)cn4)cc(C(F)(F)F)c3)CC2)cc1. The first-order chi connectivity index (χ1) is 20.6. The molecule has 2 heterocycles. The number of benzene rings is 3. The zero-order chi connectivity index (χ0) is 30.7. The van der Waals surface area contributed by atoms with Gasteiger partial charge < -0.3 is 19.8 Å². The Hall–Kier alpha value is -4.80. The fourth-order valence-electron chi connectivity index (χ4n) is 5.19. The van der Waals surface area contributed by atoms with Crippen molar-refractivity contribution in [3.05, 3.63) is 95.8 Å².